The maximum atomic E-state index is 13.7. The predicted molar refractivity (Wildman–Crippen MR) is 136 cm³/mol. The zero-order valence-electron chi connectivity index (χ0n) is 20.5. The van der Waals surface area contributed by atoms with E-state index in [0.29, 0.717) is 19.5 Å². The van der Waals surface area contributed by atoms with Gasteiger partial charge in [-0.15, -0.1) is 0 Å². The fourth-order valence-electron chi connectivity index (χ4n) is 4.66. The van der Waals surface area contributed by atoms with Crippen LogP contribution in [0.2, 0.25) is 0 Å². The second-order valence-corrected chi connectivity index (χ2v) is 9.66. The molecule has 180 valence electrons. The number of nitrogens with zero attached hydrogens (tertiary/aromatic N) is 2. The monoisotopic (exact) mass is 460 g/mol. The molecule has 0 aliphatic carbocycles. The SMILES string of the molecule is Cc1ccccc1CN1CCCN(C(=O)C(Cc2c[nH]c3ccccc23)NC(=O)C(C)C)CC1. The lowest BCUT2D eigenvalue weighted by molar-refractivity contribution is -0.137. The number of nitrogens with one attached hydrogen (secondary N) is 2. The standard InChI is InChI=1S/C28H36N4O2/c1-20(2)27(33)30-26(17-23-18-29-25-12-7-6-11-24(23)25)28(34)32-14-8-13-31(15-16-32)19-22-10-5-4-9-21(22)3/h4-7,9-12,18,20,26,29H,8,13-17,19H2,1-3H3,(H,30,33). The Balaban J connectivity index is 1.47. The molecule has 0 bridgehead atoms. The van der Waals surface area contributed by atoms with E-state index in [-0.39, 0.29) is 17.7 Å². The van der Waals surface area contributed by atoms with E-state index in [1.165, 1.54) is 11.1 Å². The number of amides is 2. The third-order valence-electron chi connectivity index (χ3n) is 6.79. The van der Waals surface area contributed by atoms with Gasteiger partial charge in [-0.25, -0.2) is 0 Å². The average molecular weight is 461 g/mol. The van der Waals surface area contributed by atoms with E-state index in [1.807, 2.05) is 43.1 Å². The highest BCUT2D eigenvalue weighted by molar-refractivity contribution is 5.90. The Morgan fingerprint density at radius 1 is 0.971 bits per heavy atom. The number of H-pyrrole nitrogens is 1. The van der Waals surface area contributed by atoms with Crippen LogP contribution in [0.3, 0.4) is 0 Å². The van der Waals surface area contributed by atoms with Crippen molar-refractivity contribution < 1.29 is 9.59 Å². The van der Waals surface area contributed by atoms with Gasteiger partial charge in [0.15, 0.2) is 0 Å². The summed E-state index contributed by atoms with van der Waals surface area (Å²) in [4.78, 5) is 33.9. The highest BCUT2D eigenvalue weighted by Gasteiger charge is 2.29. The van der Waals surface area contributed by atoms with Gasteiger partial charge in [0.05, 0.1) is 0 Å². The largest absolute Gasteiger partial charge is 0.361 e. The molecule has 1 aliphatic heterocycles. The summed E-state index contributed by atoms with van der Waals surface area (Å²) in [6.07, 6.45) is 3.36. The summed E-state index contributed by atoms with van der Waals surface area (Å²) in [7, 11) is 0. The molecule has 2 N–H and O–H groups in total. The summed E-state index contributed by atoms with van der Waals surface area (Å²) in [5, 5.41) is 4.13. The van der Waals surface area contributed by atoms with Crippen LogP contribution in [0.25, 0.3) is 10.9 Å². The van der Waals surface area contributed by atoms with Gasteiger partial charge in [-0.2, -0.15) is 0 Å². The normalized spacial score (nSPS) is 15.9. The molecule has 2 amide bonds. The number of aryl methyl sites for hydroxylation is 1. The maximum absolute atomic E-state index is 13.7. The lowest BCUT2D eigenvalue weighted by atomic mass is 10.0. The van der Waals surface area contributed by atoms with Crippen LogP contribution in [0, 0.1) is 12.8 Å². The fraction of sp³-hybridized carbons (Fsp3) is 0.429. The zero-order valence-corrected chi connectivity index (χ0v) is 20.5. The lowest BCUT2D eigenvalue weighted by Crippen LogP contribution is -2.51. The van der Waals surface area contributed by atoms with Crippen LogP contribution in [0.4, 0.5) is 0 Å². The lowest BCUT2D eigenvalue weighted by Gasteiger charge is -2.27. The minimum Gasteiger partial charge on any atom is -0.361 e. The molecule has 4 rings (SSSR count). The molecule has 1 aromatic heterocycles. The van der Waals surface area contributed by atoms with Gasteiger partial charge < -0.3 is 15.2 Å². The molecule has 1 saturated heterocycles. The number of fused-ring (bicyclic) bond motifs is 1. The van der Waals surface area contributed by atoms with Crippen molar-refractivity contribution in [3.8, 4) is 0 Å². The Kier molecular flexibility index (Phi) is 7.68. The first-order valence-electron chi connectivity index (χ1n) is 12.3. The number of hydrogen-bond acceptors (Lipinski definition) is 3. The molecule has 3 aromatic rings. The second-order valence-electron chi connectivity index (χ2n) is 9.66. The fourth-order valence-corrected chi connectivity index (χ4v) is 4.66. The topological polar surface area (TPSA) is 68.4 Å². The van der Waals surface area contributed by atoms with Gasteiger partial charge in [0.25, 0.3) is 0 Å². The number of carbonyl (C=O) groups excluding carboxylic acids is 2. The van der Waals surface area contributed by atoms with Crippen LogP contribution in [-0.2, 0) is 22.6 Å². The first kappa shape index (κ1) is 24.0. The Labute approximate surface area is 202 Å². The molecule has 1 unspecified atom stereocenters. The van der Waals surface area contributed by atoms with Crippen molar-refractivity contribution in [2.45, 2.75) is 46.2 Å². The van der Waals surface area contributed by atoms with E-state index in [9.17, 15) is 9.59 Å². The van der Waals surface area contributed by atoms with Crippen LogP contribution in [0.5, 0.6) is 0 Å². The van der Waals surface area contributed by atoms with Crippen molar-refractivity contribution in [1.82, 2.24) is 20.1 Å². The summed E-state index contributed by atoms with van der Waals surface area (Å²) < 4.78 is 0. The molecule has 2 aromatic carbocycles. The number of aromatic nitrogens is 1. The Hall–Kier alpha value is -3.12. The number of hydrogen-bond donors (Lipinski definition) is 2. The number of rotatable bonds is 7. The molecule has 1 fully saturated rings. The number of carbonyl (C=O) groups is 2. The zero-order chi connectivity index (χ0) is 24.1. The van der Waals surface area contributed by atoms with E-state index in [0.717, 1.165) is 42.5 Å². The third-order valence-corrected chi connectivity index (χ3v) is 6.79. The number of para-hydroxylation sites is 1. The predicted octanol–water partition coefficient (Wildman–Crippen LogP) is 3.89. The number of benzene rings is 2. The first-order chi connectivity index (χ1) is 16.4. The van der Waals surface area contributed by atoms with Crippen LogP contribution in [0.1, 0.15) is 37.0 Å². The van der Waals surface area contributed by atoms with Gasteiger partial charge in [0.1, 0.15) is 6.04 Å². The summed E-state index contributed by atoms with van der Waals surface area (Å²) >= 11 is 0. The maximum Gasteiger partial charge on any atom is 0.245 e. The summed E-state index contributed by atoms with van der Waals surface area (Å²) in [6.45, 7) is 9.95. The van der Waals surface area contributed by atoms with Gasteiger partial charge >= 0.3 is 0 Å². The minimum absolute atomic E-state index is 0.0111. The van der Waals surface area contributed by atoms with Gasteiger partial charge in [-0.1, -0.05) is 56.3 Å². The van der Waals surface area contributed by atoms with Crippen LogP contribution in [0.15, 0.2) is 54.7 Å². The number of aromatic amines is 1. The summed E-state index contributed by atoms with van der Waals surface area (Å²) in [5.74, 6) is -0.252. The van der Waals surface area contributed by atoms with Crippen molar-refractivity contribution in [2.75, 3.05) is 26.2 Å². The van der Waals surface area contributed by atoms with Crippen molar-refractivity contribution in [3.05, 3.63) is 71.4 Å². The Bertz CT molecular complexity index is 1140. The molecule has 1 atom stereocenters. The molecular weight excluding hydrogens is 424 g/mol. The van der Waals surface area contributed by atoms with E-state index >= 15 is 0 Å². The smallest absolute Gasteiger partial charge is 0.245 e. The third kappa shape index (κ3) is 5.68. The summed E-state index contributed by atoms with van der Waals surface area (Å²) in [6, 6.07) is 16.0. The van der Waals surface area contributed by atoms with Crippen molar-refractivity contribution in [3.63, 3.8) is 0 Å². The molecular formula is C28H36N4O2. The molecule has 0 spiro atoms. The highest BCUT2D eigenvalue weighted by Crippen LogP contribution is 2.20. The second kappa shape index (κ2) is 10.9. The van der Waals surface area contributed by atoms with E-state index in [4.69, 9.17) is 0 Å². The quantitative estimate of drug-likeness (QED) is 0.562. The minimum atomic E-state index is -0.572. The molecule has 2 heterocycles. The summed E-state index contributed by atoms with van der Waals surface area (Å²) in [5.41, 5.74) is 4.73. The van der Waals surface area contributed by atoms with Gasteiger partial charge in [0, 0.05) is 62.2 Å². The molecule has 34 heavy (non-hydrogen) atoms. The van der Waals surface area contributed by atoms with Crippen LogP contribution in [-0.4, -0.2) is 58.8 Å². The molecule has 0 radical (unpaired) electrons. The van der Waals surface area contributed by atoms with Gasteiger partial charge in [-0.3, -0.25) is 14.5 Å². The Morgan fingerprint density at radius 2 is 1.74 bits per heavy atom. The molecule has 1 aliphatic rings. The van der Waals surface area contributed by atoms with Crippen molar-refractivity contribution in [1.29, 1.82) is 0 Å². The molecule has 6 nitrogen and oxygen atoms in total. The average Bonchev–Trinajstić information content (AvgIpc) is 3.09. The highest BCUT2D eigenvalue weighted by atomic mass is 16.2. The van der Waals surface area contributed by atoms with Crippen molar-refractivity contribution in [2.24, 2.45) is 5.92 Å². The van der Waals surface area contributed by atoms with Crippen LogP contribution >= 0.6 is 0 Å². The van der Waals surface area contributed by atoms with Crippen molar-refractivity contribution >= 4 is 22.7 Å². The van der Waals surface area contributed by atoms with E-state index < -0.39 is 6.04 Å². The van der Waals surface area contributed by atoms with Gasteiger partial charge in [-0.05, 0) is 36.1 Å². The molecule has 0 saturated carbocycles. The Morgan fingerprint density at radius 3 is 2.53 bits per heavy atom. The van der Waals surface area contributed by atoms with Crippen LogP contribution < -0.4 is 5.32 Å². The van der Waals surface area contributed by atoms with E-state index in [1.54, 1.807) is 0 Å². The molecule has 6 heteroatoms. The van der Waals surface area contributed by atoms with Gasteiger partial charge in [0.2, 0.25) is 11.8 Å². The first-order valence-corrected chi connectivity index (χ1v) is 12.3. The van der Waals surface area contributed by atoms with E-state index in [2.05, 4.69) is 52.5 Å².